The first kappa shape index (κ1) is 11.8. The summed E-state index contributed by atoms with van der Waals surface area (Å²) in [5, 5.41) is 0.641. The summed E-state index contributed by atoms with van der Waals surface area (Å²) in [5.41, 5.74) is 0.901. The van der Waals surface area contributed by atoms with E-state index in [-0.39, 0.29) is 18.4 Å². The number of carbonyl (C=O) groups is 1. The number of hydrogen-bond donors (Lipinski definition) is 0. The van der Waals surface area contributed by atoms with E-state index < -0.39 is 0 Å². The molecule has 1 aromatic carbocycles. The van der Waals surface area contributed by atoms with Crippen LogP contribution in [0.15, 0.2) is 29.3 Å². The first-order valence-corrected chi connectivity index (χ1v) is 5.66. The Balaban J connectivity index is 2.08. The molecule has 0 saturated carbocycles. The van der Waals surface area contributed by atoms with Crippen molar-refractivity contribution < 1.29 is 9.59 Å². The zero-order valence-electron chi connectivity index (χ0n) is 9.10. The molecule has 0 spiro atoms. The van der Waals surface area contributed by atoms with Crippen molar-refractivity contribution in [2.24, 2.45) is 4.99 Å². The highest BCUT2D eigenvalue weighted by molar-refractivity contribution is 6.31. The number of halogens is 1. The highest BCUT2D eigenvalue weighted by Gasteiger charge is 2.29. The van der Waals surface area contributed by atoms with Gasteiger partial charge >= 0.3 is 0 Å². The second-order valence-corrected chi connectivity index (χ2v) is 4.35. The Hall–Kier alpha value is -1.64. The van der Waals surface area contributed by atoms with Crippen molar-refractivity contribution in [1.29, 1.82) is 0 Å². The minimum atomic E-state index is -0.262. The fourth-order valence-corrected chi connectivity index (χ4v) is 2.09. The lowest BCUT2D eigenvalue weighted by atomic mass is 10.2. The minimum Gasteiger partial charge on any atom is -0.336 e. The summed E-state index contributed by atoms with van der Waals surface area (Å²) in [6.07, 6.45) is 1.77. The van der Waals surface area contributed by atoms with Crippen molar-refractivity contribution in [2.75, 3.05) is 6.54 Å². The highest BCUT2D eigenvalue weighted by atomic mass is 35.5. The largest absolute Gasteiger partial charge is 0.336 e. The fraction of sp³-hybridized carbons (Fsp3) is 0.333. The van der Waals surface area contributed by atoms with E-state index in [0.29, 0.717) is 18.1 Å². The highest BCUT2D eigenvalue weighted by Crippen LogP contribution is 2.21. The topological polar surface area (TPSA) is 49.7 Å². The molecule has 1 aromatic rings. The van der Waals surface area contributed by atoms with Crippen LogP contribution in [0.3, 0.4) is 0 Å². The van der Waals surface area contributed by atoms with Crippen molar-refractivity contribution in [3.05, 3.63) is 34.9 Å². The standard InChI is InChI=1S/C12H11ClN2O2/c13-11-4-2-1-3-9(11)6-15-7-10(14-8-16)5-12(15)17/h1-4,10H,5-7H2. The summed E-state index contributed by atoms with van der Waals surface area (Å²) >= 11 is 6.02. The molecule has 0 bridgehead atoms. The van der Waals surface area contributed by atoms with Crippen molar-refractivity contribution in [3.63, 3.8) is 0 Å². The summed E-state index contributed by atoms with van der Waals surface area (Å²) in [6, 6.07) is 7.13. The van der Waals surface area contributed by atoms with Crippen LogP contribution in [0.5, 0.6) is 0 Å². The second-order valence-electron chi connectivity index (χ2n) is 3.94. The van der Waals surface area contributed by atoms with E-state index in [1.165, 1.54) is 6.08 Å². The van der Waals surface area contributed by atoms with E-state index in [9.17, 15) is 9.59 Å². The first-order chi connectivity index (χ1) is 8.20. The maximum Gasteiger partial charge on any atom is 0.235 e. The smallest absolute Gasteiger partial charge is 0.235 e. The van der Waals surface area contributed by atoms with Crippen LogP contribution in [0.25, 0.3) is 0 Å². The monoisotopic (exact) mass is 250 g/mol. The molecule has 0 N–H and O–H groups in total. The van der Waals surface area contributed by atoms with Crippen molar-refractivity contribution in [1.82, 2.24) is 4.90 Å². The van der Waals surface area contributed by atoms with Crippen LogP contribution in [-0.4, -0.2) is 29.5 Å². The predicted octanol–water partition coefficient (Wildman–Crippen LogP) is 1.78. The van der Waals surface area contributed by atoms with Crippen LogP contribution in [-0.2, 0) is 16.1 Å². The van der Waals surface area contributed by atoms with Gasteiger partial charge in [-0.25, -0.2) is 9.79 Å². The fourth-order valence-electron chi connectivity index (χ4n) is 1.90. The van der Waals surface area contributed by atoms with Gasteiger partial charge in [0, 0.05) is 18.1 Å². The zero-order chi connectivity index (χ0) is 12.3. The lowest BCUT2D eigenvalue weighted by Gasteiger charge is -2.16. The number of aliphatic imine (C=N–C) groups is 1. The lowest BCUT2D eigenvalue weighted by molar-refractivity contribution is -0.128. The molecule has 1 fully saturated rings. The molecule has 1 aliphatic rings. The van der Waals surface area contributed by atoms with E-state index in [1.807, 2.05) is 18.2 Å². The number of hydrogen-bond acceptors (Lipinski definition) is 3. The molecule has 4 nitrogen and oxygen atoms in total. The molecule has 1 aliphatic heterocycles. The lowest BCUT2D eigenvalue weighted by Crippen LogP contribution is -2.25. The predicted molar refractivity (Wildman–Crippen MR) is 63.4 cm³/mol. The third-order valence-corrected chi connectivity index (χ3v) is 3.12. The number of likely N-dealkylation sites (tertiary alicyclic amines) is 1. The number of isocyanates is 1. The van der Waals surface area contributed by atoms with E-state index in [1.54, 1.807) is 11.0 Å². The van der Waals surface area contributed by atoms with Gasteiger partial charge in [0.1, 0.15) is 0 Å². The van der Waals surface area contributed by atoms with Crippen LogP contribution < -0.4 is 0 Å². The number of carbonyl (C=O) groups excluding carboxylic acids is 2. The van der Waals surface area contributed by atoms with Crippen molar-refractivity contribution in [3.8, 4) is 0 Å². The molecule has 1 atom stereocenters. The Bertz CT molecular complexity index is 483. The molecule has 2 rings (SSSR count). The van der Waals surface area contributed by atoms with Crippen LogP contribution >= 0.6 is 11.6 Å². The van der Waals surface area contributed by atoms with Gasteiger partial charge in [0.25, 0.3) is 0 Å². The molecule has 0 aliphatic carbocycles. The molecule has 0 radical (unpaired) electrons. The van der Waals surface area contributed by atoms with E-state index in [4.69, 9.17) is 11.6 Å². The number of rotatable bonds is 3. The van der Waals surface area contributed by atoms with Gasteiger partial charge < -0.3 is 4.90 Å². The van der Waals surface area contributed by atoms with Crippen molar-refractivity contribution in [2.45, 2.75) is 19.0 Å². The average molecular weight is 251 g/mol. The SMILES string of the molecule is O=C=NC1CC(=O)N(Cc2ccccc2Cl)C1. The molecule has 1 heterocycles. The molecule has 1 saturated heterocycles. The molecule has 5 heteroatoms. The van der Waals surface area contributed by atoms with Gasteiger partial charge in [-0.2, -0.15) is 0 Å². The first-order valence-electron chi connectivity index (χ1n) is 5.29. The second kappa shape index (κ2) is 5.13. The van der Waals surface area contributed by atoms with Crippen LogP contribution in [0.2, 0.25) is 5.02 Å². The minimum absolute atomic E-state index is 0.00563. The maximum atomic E-state index is 11.7. The van der Waals surface area contributed by atoms with Crippen LogP contribution in [0, 0.1) is 0 Å². The van der Waals surface area contributed by atoms with Crippen molar-refractivity contribution >= 4 is 23.6 Å². The summed E-state index contributed by atoms with van der Waals surface area (Å²) in [5.74, 6) is -0.00563. The molecular formula is C12H11ClN2O2. The number of amides is 1. The quantitative estimate of drug-likeness (QED) is 0.606. The molecule has 1 amide bonds. The summed E-state index contributed by atoms with van der Waals surface area (Å²) < 4.78 is 0. The van der Waals surface area contributed by atoms with E-state index in [0.717, 1.165) is 5.56 Å². The molecule has 0 aromatic heterocycles. The van der Waals surface area contributed by atoms with Crippen LogP contribution in [0.4, 0.5) is 0 Å². The van der Waals surface area contributed by atoms with Gasteiger partial charge in [-0.3, -0.25) is 4.79 Å². The maximum absolute atomic E-state index is 11.7. The van der Waals surface area contributed by atoms with Gasteiger partial charge in [0.05, 0.1) is 12.5 Å². The third-order valence-electron chi connectivity index (χ3n) is 2.75. The van der Waals surface area contributed by atoms with E-state index in [2.05, 4.69) is 4.99 Å². The molecule has 88 valence electrons. The average Bonchev–Trinajstić information content (AvgIpc) is 2.63. The van der Waals surface area contributed by atoms with Gasteiger partial charge in [0.15, 0.2) is 0 Å². The summed E-state index contributed by atoms with van der Waals surface area (Å²) in [6.45, 7) is 0.919. The normalized spacial score (nSPS) is 19.2. The third kappa shape index (κ3) is 2.73. The van der Waals surface area contributed by atoms with Gasteiger partial charge in [-0.05, 0) is 11.6 Å². The van der Waals surface area contributed by atoms with Gasteiger partial charge in [-0.15, -0.1) is 0 Å². The zero-order valence-corrected chi connectivity index (χ0v) is 9.85. The summed E-state index contributed by atoms with van der Waals surface area (Å²) in [4.78, 5) is 27.1. The Labute approximate surface area is 104 Å². The molecule has 17 heavy (non-hydrogen) atoms. The van der Waals surface area contributed by atoms with Gasteiger partial charge in [-0.1, -0.05) is 29.8 Å². The summed E-state index contributed by atoms with van der Waals surface area (Å²) in [7, 11) is 0. The Morgan fingerprint density at radius 1 is 1.47 bits per heavy atom. The Morgan fingerprint density at radius 3 is 2.94 bits per heavy atom. The van der Waals surface area contributed by atoms with E-state index >= 15 is 0 Å². The number of nitrogens with zero attached hydrogens (tertiary/aromatic N) is 2. The Kier molecular flexibility index (Phi) is 3.57. The number of benzene rings is 1. The molecule has 1 unspecified atom stereocenters. The molecular weight excluding hydrogens is 240 g/mol. The van der Waals surface area contributed by atoms with Crippen LogP contribution in [0.1, 0.15) is 12.0 Å². The van der Waals surface area contributed by atoms with Gasteiger partial charge in [0.2, 0.25) is 12.0 Å². The Morgan fingerprint density at radius 2 is 2.24 bits per heavy atom.